The minimum absolute atomic E-state index is 0.562. The van der Waals surface area contributed by atoms with E-state index in [-0.39, 0.29) is 0 Å². The van der Waals surface area contributed by atoms with Gasteiger partial charge >= 0.3 is 50.8 Å². The van der Waals surface area contributed by atoms with Crippen molar-refractivity contribution < 1.29 is 3.74 Å². The van der Waals surface area contributed by atoms with Crippen molar-refractivity contribution in [3.8, 4) is 0 Å². The van der Waals surface area contributed by atoms with E-state index in [1.807, 2.05) is 0 Å². The van der Waals surface area contributed by atoms with Gasteiger partial charge in [0.25, 0.3) is 0 Å². The van der Waals surface area contributed by atoms with Crippen molar-refractivity contribution in [1.82, 2.24) is 0 Å². The van der Waals surface area contributed by atoms with Crippen LogP contribution in [0.15, 0.2) is 0 Å². The normalized spacial score (nSPS) is 10.7. The van der Waals surface area contributed by atoms with E-state index in [0.717, 1.165) is 17.5 Å². The van der Waals surface area contributed by atoms with Crippen molar-refractivity contribution in [2.24, 2.45) is 5.92 Å². The molecule has 7 heavy (non-hydrogen) atoms. The van der Waals surface area contributed by atoms with Crippen LogP contribution in [0.4, 0.5) is 0 Å². The molecule has 0 aliphatic heterocycles. The molecule has 0 aliphatic carbocycles. The molecule has 0 spiro atoms. The molecule has 0 bridgehead atoms. The van der Waals surface area contributed by atoms with Crippen LogP contribution in [-0.2, 0) is 3.74 Å². The van der Waals surface area contributed by atoms with E-state index in [1.54, 1.807) is 0 Å². The molecule has 0 aromatic carbocycles. The van der Waals surface area contributed by atoms with Gasteiger partial charge in [-0.3, -0.25) is 0 Å². The Morgan fingerprint density at radius 2 is 2.14 bits per heavy atom. The van der Waals surface area contributed by atoms with Crippen LogP contribution in [0.3, 0.4) is 0 Å². The Kier molecular flexibility index (Phi) is 4.75. The molecule has 0 atom stereocenters. The Labute approximate surface area is 51.4 Å². The van der Waals surface area contributed by atoms with E-state index in [2.05, 4.69) is 13.8 Å². The van der Waals surface area contributed by atoms with Crippen molar-refractivity contribution in [3.05, 3.63) is 0 Å². The average molecular weight is 162 g/mol. The third-order valence-corrected chi connectivity index (χ3v) is 1.72. The summed E-state index contributed by atoms with van der Waals surface area (Å²) in [6.07, 6.45) is 1.13. The van der Waals surface area contributed by atoms with Crippen LogP contribution >= 0.6 is 0 Å². The van der Waals surface area contributed by atoms with Crippen LogP contribution in [0.2, 0.25) is 5.21 Å². The molecule has 0 N–H and O–H groups in total. The summed E-state index contributed by atoms with van der Waals surface area (Å²) in [6.45, 7) is 4.30. The van der Waals surface area contributed by atoms with Gasteiger partial charge in [0, 0.05) is 0 Å². The van der Waals surface area contributed by atoms with Crippen molar-refractivity contribution in [2.45, 2.75) is 25.5 Å². The van der Waals surface area contributed by atoms with Gasteiger partial charge in [-0.1, -0.05) is 0 Å². The Balaban J connectivity index is 2.81. The predicted molar refractivity (Wildman–Crippen MR) is 30.7 cm³/mol. The van der Waals surface area contributed by atoms with Gasteiger partial charge in [0.2, 0.25) is 0 Å². The molecule has 0 aliphatic rings. The second kappa shape index (κ2) is 4.52. The van der Waals surface area contributed by atoms with Crippen LogP contribution in [0.5, 0.6) is 0 Å². The fourth-order valence-corrected chi connectivity index (χ4v) is 1.62. The van der Waals surface area contributed by atoms with Crippen LogP contribution in [0, 0.1) is 5.92 Å². The van der Waals surface area contributed by atoms with E-state index < -0.39 is 15.7 Å². The van der Waals surface area contributed by atoms with Crippen molar-refractivity contribution >= 4 is 15.7 Å². The van der Waals surface area contributed by atoms with Crippen molar-refractivity contribution in [1.29, 1.82) is 0 Å². The number of hydrogen-bond acceptors (Lipinski definition) is 1. The van der Waals surface area contributed by atoms with Crippen LogP contribution in [0.25, 0.3) is 0 Å². The third-order valence-electron chi connectivity index (χ3n) is 0.798. The first-order chi connectivity index (χ1) is 3.27. The quantitative estimate of drug-likeness (QED) is 0.574. The molecule has 0 aromatic heterocycles. The molecule has 0 rings (SSSR count). The summed E-state index contributed by atoms with van der Waals surface area (Å²) in [5.74, 6) is 0.726. The summed E-state index contributed by atoms with van der Waals surface area (Å²) in [5.41, 5.74) is 0. The SMILES string of the molecule is CC(C)CC[As]=O. The van der Waals surface area contributed by atoms with Gasteiger partial charge in [0.1, 0.15) is 0 Å². The molecule has 0 saturated carbocycles. The number of hydrogen-bond donors (Lipinski definition) is 0. The Morgan fingerprint density at radius 3 is 2.29 bits per heavy atom. The zero-order valence-corrected chi connectivity index (χ0v) is 6.72. The molecule has 0 saturated heterocycles. The third kappa shape index (κ3) is 6.36. The van der Waals surface area contributed by atoms with E-state index >= 15 is 0 Å². The second-order valence-corrected chi connectivity index (χ2v) is 3.52. The maximum absolute atomic E-state index is 9.93. The van der Waals surface area contributed by atoms with Crippen molar-refractivity contribution in [3.63, 3.8) is 0 Å². The second-order valence-electron chi connectivity index (χ2n) is 2.04. The van der Waals surface area contributed by atoms with Crippen LogP contribution < -0.4 is 0 Å². The molecule has 0 aromatic rings. The standard InChI is InChI=1S/C5H11AsO/c1-5(2)3-4-6-7/h5H,3-4H2,1-2H3. The van der Waals surface area contributed by atoms with Gasteiger partial charge in [0.15, 0.2) is 0 Å². The zero-order chi connectivity index (χ0) is 5.70. The molecule has 42 valence electrons. The van der Waals surface area contributed by atoms with Crippen LogP contribution in [-0.4, -0.2) is 15.7 Å². The summed E-state index contributed by atoms with van der Waals surface area (Å²) in [4.78, 5) is 0. The van der Waals surface area contributed by atoms with E-state index in [1.165, 1.54) is 0 Å². The molecule has 0 unspecified atom stereocenters. The zero-order valence-electron chi connectivity index (χ0n) is 4.85. The van der Waals surface area contributed by atoms with E-state index in [9.17, 15) is 3.74 Å². The molecular formula is C5H11AsO. The van der Waals surface area contributed by atoms with Gasteiger partial charge in [-0.05, 0) is 0 Å². The van der Waals surface area contributed by atoms with Crippen LogP contribution in [0.1, 0.15) is 20.3 Å². The van der Waals surface area contributed by atoms with Gasteiger partial charge in [-0.2, -0.15) is 0 Å². The average Bonchev–Trinajstić information content (AvgIpc) is 1.61. The molecular weight excluding hydrogens is 151 g/mol. The summed E-state index contributed by atoms with van der Waals surface area (Å²) < 4.78 is 9.93. The van der Waals surface area contributed by atoms with Crippen molar-refractivity contribution in [2.75, 3.05) is 0 Å². The number of rotatable bonds is 3. The molecule has 0 amide bonds. The Bertz CT molecular complexity index is 52.0. The Hall–Kier alpha value is 0.358. The molecule has 2 heteroatoms. The minimum atomic E-state index is -0.562. The predicted octanol–water partition coefficient (Wildman–Crippen LogP) is 1.50. The van der Waals surface area contributed by atoms with Gasteiger partial charge < -0.3 is 0 Å². The first-order valence-electron chi connectivity index (χ1n) is 2.56. The van der Waals surface area contributed by atoms with E-state index in [0.29, 0.717) is 0 Å². The molecule has 0 radical (unpaired) electrons. The van der Waals surface area contributed by atoms with Gasteiger partial charge in [-0.25, -0.2) is 0 Å². The molecule has 1 nitrogen and oxygen atoms in total. The molecule has 0 fully saturated rings. The fourth-order valence-electron chi connectivity index (χ4n) is 0.311. The topological polar surface area (TPSA) is 17.1 Å². The summed E-state index contributed by atoms with van der Waals surface area (Å²) >= 11 is -0.562. The summed E-state index contributed by atoms with van der Waals surface area (Å²) in [6, 6.07) is 0. The fraction of sp³-hybridized carbons (Fsp3) is 1.00. The van der Waals surface area contributed by atoms with Gasteiger partial charge in [0.05, 0.1) is 0 Å². The first kappa shape index (κ1) is 7.36. The summed E-state index contributed by atoms with van der Waals surface area (Å²) in [5, 5.41) is 0.939. The first-order valence-corrected chi connectivity index (χ1v) is 4.65. The monoisotopic (exact) mass is 162 g/mol. The van der Waals surface area contributed by atoms with Gasteiger partial charge in [-0.15, -0.1) is 0 Å². The molecule has 0 heterocycles. The van der Waals surface area contributed by atoms with E-state index in [4.69, 9.17) is 0 Å². The Morgan fingerprint density at radius 1 is 1.57 bits per heavy atom. The summed E-state index contributed by atoms with van der Waals surface area (Å²) in [7, 11) is 0. The maximum atomic E-state index is 9.93.